The van der Waals surface area contributed by atoms with Crippen LogP contribution in [-0.4, -0.2) is 73.0 Å². The zero-order valence-corrected chi connectivity index (χ0v) is 14.8. The van der Waals surface area contributed by atoms with E-state index in [2.05, 4.69) is 31.8 Å². The van der Waals surface area contributed by atoms with E-state index >= 15 is 0 Å². The number of hydrogen-bond acceptors (Lipinski definition) is 4. The van der Waals surface area contributed by atoms with Crippen LogP contribution in [0.5, 0.6) is 0 Å². The molecule has 1 aliphatic rings. The van der Waals surface area contributed by atoms with Gasteiger partial charge in [0.1, 0.15) is 6.54 Å². The van der Waals surface area contributed by atoms with Crippen molar-refractivity contribution in [2.75, 3.05) is 46.4 Å². The summed E-state index contributed by atoms with van der Waals surface area (Å²) < 4.78 is 6.75. The third-order valence-electron chi connectivity index (χ3n) is 4.02. The average Bonchev–Trinajstić information content (AvgIpc) is 3.20. The Kier molecular flexibility index (Phi) is 7.05. The molecule has 1 saturated heterocycles. The second kappa shape index (κ2) is 9.27. The zero-order chi connectivity index (χ0) is 17.4. The van der Waals surface area contributed by atoms with Crippen molar-refractivity contribution in [2.45, 2.75) is 19.3 Å². The molecule has 0 bridgehead atoms. The number of ether oxygens (including phenoxy) is 1. The van der Waals surface area contributed by atoms with Gasteiger partial charge in [0.25, 0.3) is 0 Å². The number of aliphatic imine (C=N–C) groups is 1. The van der Waals surface area contributed by atoms with Gasteiger partial charge in [-0.05, 0) is 18.9 Å². The molecule has 1 amide bonds. The lowest BCUT2D eigenvalue weighted by Crippen LogP contribution is -2.41. The summed E-state index contributed by atoms with van der Waals surface area (Å²) in [5.74, 6) is 1.16. The molecule has 1 aromatic rings. The predicted octanol–water partition coefficient (Wildman–Crippen LogP) is -0.0625. The lowest BCUT2D eigenvalue weighted by molar-refractivity contribution is -0.119. The Morgan fingerprint density at radius 1 is 1.50 bits per heavy atom. The average molecular weight is 336 g/mol. The normalized spacial score (nSPS) is 18.0. The topological polar surface area (TPSA) is 83.8 Å². The summed E-state index contributed by atoms with van der Waals surface area (Å²) in [6, 6.07) is 0. The number of nitrogens with zero attached hydrogens (tertiary/aromatic N) is 4. The summed E-state index contributed by atoms with van der Waals surface area (Å²) in [5.41, 5.74) is 1.26. The van der Waals surface area contributed by atoms with E-state index in [0.717, 1.165) is 32.0 Å². The molecule has 24 heavy (non-hydrogen) atoms. The lowest BCUT2D eigenvalue weighted by atomic mass is 10.0. The van der Waals surface area contributed by atoms with E-state index in [1.54, 1.807) is 7.11 Å². The molecule has 1 fully saturated rings. The van der Waals surface area contributed by atoms with Crippen LogP contribution in [0.4, 0.5) is 0 Å². The molecular weight excluding hydrogens is 308 g/mol. The molecule has 0 aliphatic carbocycles. The maximum atomic E-state index is 11.8. The van der Waals surface area contributed by atoms with Gasteiger partial charge in [-0.15, -0.1) is 0 Å². The van der Waals surface area contributed by atoms with Crippen molar-refractivity contribution < 1.29 is 9.53 Å². The van der Waals surface area contributed by atoms with E-state index in [0.29, 0.717) is 19.1 Å². The minimum atomic E-state index is -0.0922. The number of likely N-dealkylation sites (tertiary alicyclic amines) is 1. The molecule has 0 saturated carbocycles. The molecule has 8 nitrogen and oxygen atoms in total. The second-order valence-corrected chi connectivity index (χ2v) is 5.89. The van der Waals surface area contributed by atoms with E-state index in [-0.39, 0.29) is 12.5 Å². The number of aromatic nitrogens is 2. The smallest absolute Gasteiger partial charge is 0.241 e. The molecule has 1 unspecified atom stereocenters. The number of aryl methyl sites for hydroxylation is 1. The largest absolute Gasteiger partial charge is 0.383 e. The quantitative estimate of drug-likeness (QED) is 0.414. The van der Waals surface area contributed by atoms with Crippen LogP contribution in [0.25, 0.3) is 0 Å². The number of guanidine groups is 1. The third kappa shape index (κ3) is 5.23. The standard InChI is InChI=1S/C16H28N6O2/c1-4-17-16(19-10-15(23)18-6-8-24-3)22-7-5-13(12-22)14-9-20-21(2)11-14/h9,11,13H,4-8,10,12H2,1-3H3,(H,17,19)(H,18,23). The van der Waals surface area contributed by atoms with Crippen LogP contribution in [0, 0.1) is 0 Å². The first-order chi connectivity index (χ1) is 11.6. The SMILES string of the molecule is CCNC(=NCC(=O)NCCOC)N1CCC(c2cnn(C)c2)C1. The van der Waals surface area contributed by atoms with Gasteiger partial charge in [0.05, 0.1) is 12.8 Å². The van der Waals surface area contributed by atoms with E-state index in [9.17, 15) is 4.79 Å². The summed E-state index contributed by atoms with van der Waals surface area (Å²) in [5, 5.41) is 10.3. The Morgan fingerprint density at radius 3 is 3.00 bits per heavy atom. The molecule has 2 N–H and O–H groups in total. The van der Waals surface area contributed by atoms with E-state index < -0.39 is 0 Å². The number of methoxy groups -OCH3 is 1. The van der Waals surface area contributed by atoms with Crippen LogP contribution >= 0.6 is 0 Å². The fraction of sp³-hybridized carbons (Fsp3) is 0.688. The fourth-order valence-corrected chi connectivity index (χ4v) is 2.80. The molecule has 0 spiro atoms. The van der Waals surface area contributed by atoms with Gasteiger partial charge in [0, 0.05) is 52.5 Å². The molecule has 0 radical (unpaired) electrons. The molecule has 0 aromatic carbocycles. The highest BCUT2D eigenvalue weighted by atomic mass is 16.5. The minimum Gasteiger partial charge on any atom is -0.383 e. The Morgan fingerprint density at radius 2 is 2.33 bits per heavy atom. The highest BCUT2D eigenvalue weighted by Crippen LogP contribution is 2.26. The number of carbonyl (C=O) groups excluding carboxylic acids is 1. The van der Waals surface area contributed by atoms with Crippen molar-refractivity contribution in [3.8, 4) is 0 Å². The van der Waals surface area contributed by atoms with Gasteiger partial charge in [-0.1, -0.05) is 0 Å². The lowest BCUT2D eigenvalue weighted by Gasteiger charge is -2.21. The van der Waals surface area contributed by atoms with Gasteiger partial charge >= 0.3 is 0 Å². The van der Waals surface area contributed by atoms with Crippen LogP contribution in [0.3, 0.4) is 0 Å². The molecule has 2 rings (SSSR count). The number of hydrogen-bond donors (Lipinski definition) is 2. The van der Waals surface area contributed by atoms with Crippen LogP contribution in [0.1, 0.15) is 24.8 Å². The Bertz CT molecular complexity index is 557. The molecule has 8 heteroatoms. The van der Waals surface area contributed by atoms with Crippen molar-refractivity contribution in [1.29, 1.82) is 0 Å². The summed E-state index contributed by atoms with van der Waals surface area (Å²) in [6.45, 7) is 5.77. The van der Waals surface area contributed by atoms with Gasteiger partial charge in [-0.25, -0.2) is 4.99 Å². The maximum Gasteiger partial charge on any atom is 0.241 e. The van der Waals surface area contributed by atoms with E-state index in [1.807, 2.05) is 24.9 Å². The van der Waals surface area contributed by atoms with Crippen molar-refractivity contribution in [1.82, 2.24) is 25.3 Å². The first kappa shape index (κ1) is 18.3. The predicted molar refractivity (Wildman–Crippen MR) is 93.0 cm³/mol. The maximum absolute atomic E-state index is 11.8. The van der Waals surface area contributed by atoms with Crippen molar-refractivity contribution in [3.05, 3.63) is 18.0 Å². The summed E-state index contributed by atoms with van der Waals surface area (Å²) in [7, 11) is 3.55. The third-order valence-corrected chi connectivity index (χ3v) is 4.02. The van der Waals surface area contributed by atoms with E-state index in [1.165, 1.54) is 5.56 Å². The van der Waals surface area contributed by atoms with Crippen LogP contribution in [-0.2, 0) is 16.6 Å². The molecule has 1 aromatic heterocycles. The van der Waals surface area contributed by atoms with Gasteiger partial charge in [-0.3, -0.25) is 9.48 Å². The molecule has 1 aliphatic heterocycles. The monoisotopic (exact) mass is 336 g/mol. The summed E-state index contributed by atoms with van der Waals surface area (Å²) in [6.07, 6.45) is 5.07. The highest BCUT2D eigenvalue weighted by molar-refractivity contribution is 5.85. The molecular formula is C16H28N6O2. The Balaban J connectivity index is 1.90. The van der Waals surface area contributed by atoms with Gasteiger partial charge < -0.3 is 20.3 Å². The van der Waals surface area contributed by atoms with Crippen molar-refractivity contribution in [2.24, 2.45) is 12.0 Å². The van der Waals surface area contributed by atoms with Crippen LogP contribution in [0.2, 0.25) is 0 Å². The molecule has 2 heterocycles. The Hall–Kier alpha value is -2.09. The van der Waals surface area contributed by atoms with Gasteiger partial charge in [-0.2, -0.15) is 5.10 Å². The van der Waals surface area contributed by atoms with Crippen LogP contribution < -0.4 is 10.6 Å². The second-order valence-electron chi connectivity index (χ2n) is 5.89. The van der Waals surface area contributed by atoms with Crippen molar-refractivity contribution >= 4 is 11.9 Å². The zero-order valence-electron chi connectivity index (χ0n) is 14.8. The Labute approximate surface area is 143 Å². The van der Waals surface area contributed by atoms with E-state index in [4.69, 9.17) is 4.74 Å². The van der Waals surface area contributed by atoms with Crippen molar-refractivity contribution in [3.63, 3.8) is 0 Å². The summed E-state index contributed by atoms with van der Waals surface area (Å²) >= 11 is 0. The van der Waals surface area contributed by atoms with Crippen LogP contribution in [0.15, 0.2) is 17.4 Å². The van der Waals surface area contributed by atoms with Gasteiger partial charge in [0.15, 0.2) is 5.96 Å². The summed E-state index contributed by atoms with van der Waals surface area (Å²) in [4.78, 5) is 18.5. The number of carbonyl (C=O) groups is 1. The minimum absolute atomic E-state index is 0.0922. The molecule has 134 valence electrons. The van der Waals surface area contributed by atoms with Gasteiger partial charge in [0.2, 0.25) is 5.91 Å². The fourth-order valence-electron chi connectivity index (χ4n) is 2.80. The number of amides is 1. The highest BCUT2D eigenvalue weighted by Gasteiger charge is 2.26. The first-order valence-corrected chi connectivity index (χ1v) is 8.41. The number of rotatable bonds is 7. The number of nitrogens with one attached hydrogen (secondary N) is 2. The first-order valence-electron chi connectivity index (χ1n) is 8.41. The molecule has 1 atom stereocenters.